The summed E-state index contributed by atoms with van der Waals surface area (Å²) in [4.78, 5) is 0. The molecule has 0 heteroatoms. The van der Waals surface area contributed by atoms with Crippen LogP contribution in [0.3, 0.4) is 0 Å². The molecule has 1 atom stereocenters. The molecule has 0 radical (unpaired) electrons. The zero-order chi connectivity index (χ0) is 11.9. The second-order valence-corrected chi connectivity index (χ2v) is 4.77. The molecule has 88 valence electrons. The molecule has 1 aromatic rings. The van der Waals surface area contributed by atoms with Gasteiger partial charge in [-0.1, -0.05) is 55.9 Å². The van der Waals surface area contributed by atoms with Gasteiger partial charge in [-0.05, 0) is 42.9 Å². The second-order valence-electron chi connectivity index (χ2n) is 4.77. The lowest BCUT2D eigenvalue weighted by molar-refractivity contribution is 0.436. The molecule has 0 saturated carbocycles. The van der Waals surface area contributed by atoms with E-state index in [1.165, 1.54) is 37.7 Å². The zero-order valence-electron chi connectivity index (χ0n) is 10.6. The van der Waals surface area contributed by atoms with Crippen molar-refractivity contribution >= 4 is 0 Å². The number of hydrogen-bond acceptors (Lipinski definition) is 0. The van der Waals surface area contributed by atoms with Gasteiger partial charge in [-0.15, -0.1) is 0 Å². The van der Waals surface area contributed by atoms with E-state index in [4.69, 9.17) is 0 Å². The van der Waals surface area contributed by atoms with Gasteiger partial charge in [0.15, 0.2) is 0 Å². The Morgan fingerprint density at radius 3 is 2.65 bits per heavy atom. The van der Waals surface area contributed by atoms with Gasteiger partial charge in [-0.2, -0.15) is 0 Å². The zero-order valence-corrected chi connectivity index (χ0v) is 10.6. The molecule has 0 aromatic heterocycles. The maximum atomic E-state index is 3.31. The maximum absolute atomic E-state index is 3.31. The number of rotatable bonds is 2. The van der Waals surface area contributed by atoms with Crippen molar-refractivity contribution in [3.05, 3.63) is 47.5 Å². The van der Waals surface area contributed by atoms with Crippen LogP contribution in [0.15, 0.2) is 42.0 Å². The summed E-state index contributed by atoms with van der Waals surface area (Å²) in [5.41, 5.74) is 2.45. The maximum Gasteiger partial charge on any atom is 0.0248 e. The van der Waals surface area contributed by atoms with Crippen LogP contribution in [-0.2, 0) is 0 Å². The molecule has 0 bridgehead atoms. The Labute approximate surface area is 105 Å². The summed E-state index contributed by atoms with van der Waals surface area (Å²) in [6.45, 7) is 2.27. The van der Waals surface area contributed by atoms with Gasteiger partial charge in [0, 0.05) is 5.56 Å². The van der Waals surface area contributed by atoms with E-state index in [0.717, 1.165) is 11.5 Å². The highest BCUT2D eigenvalue weighted by Gasteiger charge is 2.11. The van der Waals surface area contributed by atoms with Crippen molar-refractivity contribution in [2.75, 3.05) is 0 Å². The molecular weight excluding hydrogens is 204 g/mol. The highest BCUT2D eigenvalue weighted by atomic mass is 14.2. The van der Waals surface area contributed by atoms with E-state index in [2.05, 4.69) is 37.0 Å². The molecule has 0 N–H and O–H groups in total. The van der Waals surface area contributed by atoms with Gasteiger partial charge in [-0.25, -0.2) is 0 Å². The molecule has 0 spiro atoms. The standard InChI is InChI=1S/C17H20/c1-2-6-15-9-12-17(13-10-15)14-11-16-7-4-3-5-8-16/h3-5,7-8,12,15H,2,6,9-10,13H2,1H3. The first-order chi connectivity index (χ1) is 8.38. The third-order valence-corrected chi connectivity index (χ3v) is 3.36. The molecule has 17 heavy (non-hydrogen) atoms. The minimum Gasteiger partial charge on any atom is -0.0726 e. The molecule has 0 heterocycles. The van der Waals surface area contributed by atoms with Gasteiger partial charge in [0.05, 0.1) is 0 Å². The predicted octanol–water partition coefficient (Wildman–Crippen LogP) is 4.56. The first kappa shape index (κ1) is 12.0. The normalized spacial score (nSPS) is 19.1. The van der Waals surface area contributed by atoms with E-state index in [0.29, 0.717) is 0 Å². The van der Waals surface area contributed by atoms with Crippen molar-refractivity contribution in [1.29, 1.82) is 0 Å². The van der Waals surface area contributed by atoms with E-state index >= 15 is 0 Å². The van der Waals surface area contributed by atoms with Gasteiger partial charge >= 0.3 is 0 Å². The van der Waals surface area contributed by atoms with E-state index < -0.39 is 0 Å². The molecule has 1 aliphatic carbocycles. The average molecular weight is 224 g/mol. The van der Waals surface area contributed by atoms with Crippen molar-refractivity contribution < 1.29 is 0 Å². The number of hydrogen-bond donors (Lipinski definition) is 0. The van der Waals surface area contributed by atoms with Crippen molar-refractivity contribution in [2.45, 2.75) is 39.0 Å². The van der Waals surface area contributed by atoms with Gasteiger partial charge in [0.1, 0.15) is 0 Å². The molecule has 2 rings (SSSR count). The summed E-state index contributed by atoms with van der Waals surface area (Å²) in [6, 6.07) is 10.2. The molecule has 0 fully saturated rings. The summed E-state index contributed by atoms with van der Waals surface area (Å²) in [7, 11) is 0. The van der Waals surface area contributed by atoms with Crippen LogP contribution in [0.5, 0.6) is 0 Å². The predicted molar refractivity (Wildman–Crippen MR) is 73.7 cm³/mol. The smallest absolute Gasteiger partial charge is 0.0248 e. The Morgan fingerprint density at radius 1 is 1.18 bits per heavy atom. The molecule has 0 nitrogen and oxygen atoms in total. The third-order valence-electron chi connectivity index (χ3n) is 3.36. The number of benzene rings is 1. The highest BCUT2D eigenvalue weighted by Crippen LogP contribution is 2.26. The Kier molecular flexibility index (Phi) is 4.45. The van der Waals surface area contributed by atoms with E-state index in [1.807, 2.05) is 18.2 Å². The van der Waals surface area contributed by atoms with Crippen molar-refractivity contribution in [1.82, 2.24) is 0 Å². The molecule has 0 amide bonds. The minimum absolute atomic E-state index is 0.905. The number of allylic oxidation sites excluding steroid dienone is 2. The minimum atomic E-state index is 0.905. The van der Waals surface area contributed by atoms with Gasteiger partial charge < -0.3 is 0 Å². The molecule has 0 saturated heterocycles. The van der Waals surface area contributed by atoms with Gasteiger partial charge in [0.25, 0.3) is 0 Å². The first-order valence-corrected chi connectivity index (χ1v) is 6.64. The molecule has 1 unspecified atom stereocenters. The van der Waals surface area contributed by atoms with Crippen molar-refractivity contribution in [3.8, 4) is 11.8 Å². The van der Waals surface area contributed by atoms with Crippen LogP contribution < -0.4 is 0 Å². The Morgan fingerprint density at radius 2 is 2.00 bits per heavy atom. The Hall–Kier alpha value is -1.48. The summed E-state index contributed by atoms with van der Waals surface area (Å²) in [6.07, 6.45) is 8.75. The van der Waals surface area contributed by atoms with Crippen LogP contribution in [0, 0.1) is 17.8 Å². The summed E-state index contributed by atoms with van der Waals surface area (Å²) in [5, 5.41) is 0. The lowest BCUT2D eigenvalue weighted by atomic mass is 9.87. The fourth-order valence-electron chi connectivity index (χ4n) is 2.35. The first-order valence-electron chi connectivity index (χ1n) is 6.64. The Bertz CT molecular complexity index is 428. The lowest BCUT2D eigenvalue weighted by Crippen LogP contribution is -2.04. The molecule has 1 aromatic carbocycles. The van der Waals surface area contributed by atoms with Crippen molar-refractivity contribution in [2.24, 2.45) is 5.92 Å². The van der Waals surface area contributed by atoms with Crippen LogP contribution in [0.1, 0.15) is 44.6 Å². The largest absolute Gasteiger partial charge is 0.0726 e. The molecular formula is C17H20. The topological polar surface area (TPSA) is 0 Å². The van der Waals surface area contributed by atoms with Gasteiger partial charge in [0.2, 0.25) is 0 Å². The van der Waals surface area contributed by atoms with Crippen LogP contribution >= 0.6 is 0 Å². The SMILES string of the molecule is CCCC1CC=C(C#Cc2ccccc2)CC1. The van der Waals surface area contributed by atoms with E-state index in [-0.39, 0.29) is 0 Å². The molecule has 1 aliphatic rings. The van der Waals surface area contributed by atoms with Crippen LogP contribution in [0.25, 0.3) is 0 Å². The van der Waals surface area contributed by atoms with Crippen LogP contribution in [0.2, 0.25) is 0 Å². The van der Waals surface area contributed by atoms with Crippen LogP contribution in [0.4, 0.5) is 0 Å². The average Bonchev–Trinajstić information content (AvgIpc) is 2.40. The molecule has 0 aliphatic heterocycles. The quantitative estimate of drug-likeness (QED) is 0.646. The summed E-state index contributed by atoms with van der Waals surface area (Å²) in [5.74, 6) is 7.46. The van der Waals surface area contributed by atoms with E-state index in [9.17, 15) is 0 Å². The third kappa shape index (κ3) is 3.79. The summed E-state index contributed by atoms with van der Waals surface area (Å²) < 4.78 is 0. The fourth-order valence-corrected chi connectivity index (χ4v) is 2.35. The van der Waals surface area contributed by atoms with E-state index in [1.54, 1.807) is 0 Å². The van der Waals surface area contributed by atoms with Gasteiger partial charge in [-0.3, -0.25) is 0 Å². The summed E-state index contributed by atoms with van der Waals surface area (Å²) >= 11 is 0. The lowest BCUT2D eigenvalue weighted by Gasteiger charge is -2.18. The van der Waals surface area contributed by atoms with Crippen molar-refractivity contribution in [3.63, 3.8) is 0 Å². The Balaban J connectivity index is 1.95. The second kappa shape index (κ2) is 6.30. The highest BCUT2D eigenvalue weighted by molar-refractivity contribution is 5.40. The fraction of sp³-hybridized carbons (Fsp3) is 0.412. The monoisotopic (exact) mass is 224 g/mol. The van der Waals surface area contributed by atoms with Crippen LogP contribution in [-0.4, -0.2) is 0 Å².